The monoisotopic (exact) mass is 385 g/mol. The Bertz CT molecular complexity index is 709. The van der Waals surface area contributed by atoms with Crippen LogP contribution >= 0.6 is 11.3 Å². The molecule has 2 aromatic rings. The quantitative estimate of drug-likeness (QED) is 0.693. The second kappa shape index (κ2) is 9.18. The number of ether oxygens (including phenoxy) is 1. The molecule has 4 nitrogen and oxygen atoms in total. The van der Waals surface area contributed by atoms with Crippen LogP contribution in [0, 0.1) is 0 Å². The van der Waals surface area contributed by atoms with Gasteiger partial charge in [0.05, 0.1) is 12.3 Å². The summed E-state index contributed by atoms with van der Waals surface area (Å²) in [5.41, 5.74) is 2.40. The van der Waals surface area contributed by atoms with E-state index in [0.29, 0.717) is 12.6 Å². The van der Waals surface area contributed by atoms with Gasteiger partial charge in [0.1, 0.15) is 10.8 Å². The van der Waals surface area contributed by atoms with Gasteiger partial charge in [0.25, 0.3) is 0 Å². The average molecular weight is 386 g/mol. The van der Waals surface area contributed by atoms with Crippen molar-refractivity contribution in [2.24, 2.45) is 0 Å². The Morgan fingerprint density at radius 3 is 2.67 bits per heavy atom. The van der Waals surface area contributed by atoms with E-state index < -0.39 is 0 Å². The highest BCUT2D eigenvalue weighted by Gasteiger charge is 2.27. The van der Waals surface area contributed by atoms with E-state index in [0.717, 1.165) is 17.3 Å². The Kier molecular flexibility index (Phi) is 6.43. The van der Waals surface area contributed by atoms with Crippen molar-refractivity contribution in [3.8, 4) is 16.3 Å². The smallest absolute Gasteiger partial charge is 0.123 e. The van der Waals surface area contributed by atoms with Crippen LogP contribution in [0.2, 0.25) is 0 Å². The van der Waals surface area contributed by atoms with Crippen molar-refractivity contribution in [1.29, 1.82) is 0 Å². The van der Waals surface area contributed by atoms with Crippen LogP contribution in [0.3, 0.4) is 0 Å². The number of benzene rings is 1. The highest BCUT2D eigenvalue weighted by atomic mass is 32.1. The molecule has 0 spiro atoms. The van der Waals surface area contributed by atoms with Crippen molar-refractivity contribution in [2.45, 2.75) is 51.6 Å². The maximum absolute atomic E-state index is 5.54. The lowest BCUT2D eigenvalue weighted by atomic mass is 10.1. The molecule has 1 aromatic heterocycles. The summed E-state index contributed by atoms with van der Waals surface area (Å²) in [5.74, 6) is 0.927. The fourth-order valence-electron chi connectivity index (χ4n) is 4.33. The summed E-state index contributed by atoms with van der Waals surface area (Å²) in [6.45, 7) is 8.76. The van der Waals surface area contributed by atoms with Crippen molar-refractivity contribution < 1.29 is 4.74 Å². The summed E-state index contributed by atoms with van der Waals surface area (Å²) in [4.78, 5) is 10.3. The molecule has 0 saturated carbocycles. The van der Waals surface area contributed by atoms with Gasteiger partial charge < -0.3 is 9.64 Å². The van der Waals surface area contributed by atoms with E-state index in [1.165, 1.54) is 69.5 Å². The molecule has 0 bridgehead atoms. The van der Waals surface area contributed by atoms with Gasteiger partial charge in [-0.2, -0.15) is 0 Å². The van der Waals surface area contributed by atoms with Crippen LogP contribution in [0.5, 0.6) is 5.75 Å². The van der Waals surface area contributed by atoms with Crippen LogP contribution in [0.25, 0.3) is 10.6 Å². The molecular formula is C22H31N3OS. The van der Waals surface area contributed by atoms with Crippen molar-refractivity contribution in [1.82, 2.24) is 14.8 Å². The number of likely N-dealkylation sites (tertiary alicyclic amines) is 2. The van der Waals surface area contributed by atoms with Gasteiger partial charge in [0.15, 0.2) is 0 Å². The van der Waals surface area contributed by atoms with Crippen LogP contribution in [-0.4, -0.2) is 53.6 Å². The van der Waals surface area contributed by atoms with Crippen molar-refractivity contribution in [2.75, 3.05) is 32.8 Å². The molecule has 4 rings (SSSR count). The van der Waals surface area contributed by atoms with Crippen LogP contribution in [-0.2, 0) is 6.54 Å². The Hall–Kier alpha value is -1.43. The first-order chi connectivity index (χ1) is 13.3. The Morgan fingerprint density at radius 1 is 1.07 bits per heavy atom. The number of nitrogens with zero attached hydrogens (tertiary/aromatic N) is 3. The number of aromatic nitrogens is 1. The van der Waals surface area contributed by atoms with E-state index in [1.54, 1.807) is 11.3 Å². The Labute approximate surface area is 167 Å². The van der Waals surface area contributed by atoms with Crippen LogP contribution < -0.4 is 4.74 Å². The van der Waals surface area contributed by atoms with Crippen LogP contribution in [0.4, 0.5) is 0 Å². The Morgan fingerprint density at radius 2 is 1.89 bits per heavy atom. The highest BCUT2D eigenvalue weighted by molar-refractivity contribution is 7.13. The van der Waals surface area contributed by atoms with Crippen molar-refractivity contribution >= 4 is 11.3 Å². The zero-order chi connectivity index (χ0) is 18.5. The summed E-state index contributed by atoms with van der Waals surface area (Å²) < 4.78 is 5.54. The maximum atomic E-state index is 5.54. The molecule has 1 unspecified atom stereocenters. The minimum Gasteiger partial charge on any atom is -0.494 e. The topological polar surface area (TPSA) is 28.6 Å². The van der Waals surface area contributed by atoms with Gasteiger partial charge in [-0.25, -0.2) is 4.98 Å². The Balaban J connectivity index is 1.36. The van der Waals surface area contributed by atoms with Gasteiger partial charge >= 0.3 is 0 Å². The highest BCUT2D eigenvalue weighted by Crippen LogP contribution is 2.28. The minimum absolute atomic E-state index is 0.704. The average Bonchev–Trinajstić information content (AvgIpc) is 3.34. The first-order valence-corrected chi connectivity index (χ1v) is 11.3. The van der Waals surface area contributed by atoms with E-state index >= 15 is 0 Å². The van der Waals surface area contributed by atoms with E-state index in [2.05, 4.69) is 27.3 Å². The third-order valence-electron chi connectivity index (χ3n) is 5.75. The standard InChI is InChI=1S/C22H31N3OS/c1-2-26-21-10-8-18(9-11-21)22-23-19(17-27-22)15-25-14-6-7-20(25)16-24-12-4-3-5-13-24/h8-11,17,20H,2-7,12-16H2,1H3. The van der Waals surface area contributed by atoms with Gasteiger partial charge in [0.2, 0.25) is 0 Å². The van der Waals surface area contributed by atoms with Gasteiger partial charge in [-0.3, -0.25) is 4.90 Å². The summed E-state index contributed by atoms with van der Waals surface area (Å²) >= 11 is 1.75. The molecular weight excluding hydrogens is 354 g/mol. The molecule has 2 saturated heterocycles. The molecule has 2 aliphatic rings. The molecule has 0 amide bonds. The molecule has 27 heavy (non-hydrogen) atoms. The molecule has 1 atom stereocenters. The van der Waals surface area contributed by atoms with Gasteiger partial charge in [-0.05, 0) is 76.5 Å². The fraction of sp³-hybridized carbons (Fsp3) is 0.591. The van der Waals surface area contributed by atoms with Crippen LogP contribution in [0.1, 0.15) is 44.7 Å². The number of hydrogen-bond acceptors (Lipinski definition) is 5. The van der Waals surface area contributed by atoms with E-state index in [-0.39, 0.29) is 0 Å². The lowest BCUT2D eigenvalue weighted by Crippen LogP contribution is -2.42. The number of thiazole rings is 1. The largest absolute Gasteiger partial charge is 0.494 e. The fourth-order valence-corrected chi connectivity index (χ4v) is 5.15. The first-order valence-electron chi connectivity index (χ1n) is 10.5. The minimum atomic E-state index is 0.704. The zero-order valence-electron chi connectivity index (χ0n) is 16.4. The molecule has 0 aliphatic carbocycles. The first kappa shape index (κ1) is 18.9. The summed E-state index contributed by atoms with van der Waals surface area (Å²) in [5, 5.41) is 3.35. The molecule has 2 fully saturated rings. The SMILES string of the molecule is CCOc1ccc(-c2nc(CN3CCCC3CN3CCCCC3)cs2)cc1. The normalized spacial score (nSPS) is 21.6. The molecule has 146 valence electrons. The lowest BCUT2D eigenvalue weighted by molar-refractivity contribution is 0.148. The van der Waals surface area contributed by atoms with Crippen molar-refractivity contribution in [3.63, 3.8) is 0 Å². The van der Waals surface area contributed by atoms with Gasteiger partial charge in [-0.1, -0.05) is 6.42 Å². The predicted molar refractivity (Wildman–Crippen MR) is 112 cm³/mol. The number of piperidine rings is 1. The molecule has 3 heterocycles. The van der Waals surface area contributed by atoms with Gasteiger partial charge in [0, 0.05) is 30.1 Å². The predicted octanol–water partition coefficient (Wildman–Crippen LogP) is 4.66. The number of rotatable bonds is 7. The third-order valence-corrected chi connectivity index (χ3v) is 6.69. The van der Waals surface area contributed by atoms with E-state index in [4.69, 9.17) is 9.72 Å². The molecule has 2 aliphatic heterocycles. The lowest BCUT2D eigenvalue weighted by Gasteiger charge is -2.32. The second-order valence-corrected chi connectivity index (χ2v) is 8.59. The second-order valence-electron chi connectivity index (χ2n) is 7.73. The number of hydrogen-bond donors (Lipinski definition) is 0. The van der Waals surface area contributed by atoms with E-state index in [1.807, 2.05) is 19.1 Å². The molecule has 0 N–H and O–H groups in total. The maximum Gasteiger partial charge on any atom is 0.123 e. The molecule has 1 aromatic carbocycles. The van der Waals surface area contributed by atoms with E-state index in [9.17, 15) is 0 Å². The van der Waals surface area contributed by atoms with Crippen molar-refractivity contribution in [3.05, 3.63) is 35.3 Å². The van der Waals surface area contributed by atoms with Gasteiger partial charge in [-0.15, -0.1) is 11.3 Å². The zero-order valence-corrected chi connectivity index (χ0v) is 17.2. The molecule has 5 heteroatoms. The van der Waals surface area contributed by atoms with Crippen LogP contribution in [0.15, 0.2) is 29.6 Å². The summed E-state index contributed by atoms with van der Waals surface area (Å²) in [6.07, 6.45) is 6.84. The molecule has 0 radical (unpaired) electrons. The summed E-state index contributed by atoms with van der Waals surface area (Å²) in [7, 11) is 0. The third kappa shape index (κ3) is 4.89. The summed E-state index contributed by atoms with van der Waals surface area (Å²) in [6, 6.07) is 9.01.